The van der Waals surface area contributed by atoms with E-state index in [-0.39, 0.29) is 34.6 Å². The third-order valence-corrected chi connectivity index (χ3v) is 8.01. The largest absolute Gasteiger partial charge is 0.316 e. The first-order valence-electron chi connectivity index (χ1n) is 9.18. The summed E-state index contributed by atoms with van der Waals surface area (Å²) < 4.78 is 24.2. The molecule has 5 nitrogen and oxygen atoms in total. The molecule has 3 rings (SSSR count). The van der Waals surface area contributed by atoms with Gasteiger partial charge < -0.3 is 4.90 Å². The maximum Gasteiger partial charge on any atom is 0.250 e. The Bertz CT molecular complexity index is 801. The minimum absolute atomic E-state index is 0.0570. The van der Waals surface area contributed by atoms with Crippen LogP contribution in [0.4, 0.5) is 5.69 Å². The fourth-order valence-electron chi connectivity index (χ4n) is 3.29. The van der Waals surface area contributed by atoms with Gasteiger partial charge in [0.15, 0.2) is 15.0 Å². The number of aryl methyl sites for hydroxylation is 1. The van der Waals surface area contributed by atoms with Crippen LogP contribution in [-0.2, 0) is 21.1 Å². The highest BCUT2D eigenvalue weighted by Crippen LogP contribution is 2.41. The van der Waals surface area contributed by atoms with Gasteiger partial charge in [-0.25, -0.2) is 8.42 Å². The first-order chi connectivity index (χ1) is 12.3. The highest BCUT2D eigenvalue weighted by atomic mass is 32.2. The third kappa shape index (κ3) is 4.14. The van der Waals surface area contributed by atoms with Crippen molar-refractivity contribution < 1.29 is 13.2 Å². The molecule has 0 spiro atoms. The molecule has 0 bridgehead atoms. The van der Waals surface area contributed by atoms with Gasteiger partial charge in [0.05, 0.1) is 17.5 Å². The Morgan fingerprint density at radius 3 is 2.58 bits per heavy atom. The van der Waals surface area contributed by atoms with E-state index in [1.807, 2.05) is 30.9 Å². The molecule has 1 aromatic carbocycles. The van der Waals surface area contributed by atoms with Crippen molar-refractivity contribution in [3.63, 3.8) is 0 Å². The number of thioether (sulfide) groups is 1. The van der Waals surface area contributed by atoms with Gasteiger partial charge in [-0.15, -0.1) is 0 Å². The van der Waals surface area contributed by atoms with Gasteiger partial charge in [-0.05, 0) is 30.5 Å². The summed E-state index contributed by atoms with van der Waals surface area (Å²) in [6, 6.07) is 8.08. The normalized spacial score (nSPS) is 25.8. The number of carbonyl (C=O) groups excluding carboxylic acids is 1. The van der Waals surface area contributed by atoms with Crippen LogP contribution in [0.5, 0.6) is 0 Å². The molecule has 0 saturated carbocycles. The lowest BCUT2D eigenvalue weighted by atomic mass is 10.1. The molecule has 0 N–H and O–H groups in total. The molecule has 1 aromatic rings. The Morgan fingerprint density at radius 2 is 1.96 bits per heavy atom. The quantitative estimate of drug-likeness (QED) is 0.767. The smallest absolute Gasteiger partial charge is 0.250 e. The number of sulfone groups is 1. The second-order valence-electron chi connectivity index (χ2n) is 7.33. The molecule has 2 fully saturated rings. The summed E-state index contributed by atoms with van der Waals surface area (Å²) in [6.07, 6.45) is 3.34. The van der Waals surface area contributed by atoms with E-state index in [0.29, 0.717) is 5.17 Å². The van der Waals surface area contributed by atoms with E-state index in [4.69, 9.17) is 0 Å². The van der Waals surface area contributed by atoms with E-state index in [1.165, 1.54) is 17.3 Å². The second kappa shape index (κ2) is 7.72. The van der Waals surface area contributed by atoms with Gasteiger partial charge in [0.1, 0.15) is 0 Å². The minimum atomic E-state index is -3.04. The van der Waals surface area contributed by atoms with E-state index >= 15 is 0 Å². The molecule has 1 amide bonds. The summed E-state index contributed by atoms with van der Waals surface area (Å²) in [6.45, 7) is 5.82. The predicted molar refractivity (Wildman–Crippen MR) is 109 cm³/mol. The molecule has 0 aromatic heterocycles. The average Bonchev–Trinajstić information content (AvgIpc) is 3.04. The van der Waals surface area contributed by atoms with Crippen molar-refractivity contribution in [3.8, 4) is 0 Å². The van der Waals surface area contributed by atoms with E-state index in [1.54, 1.807) is 0 Å². The number of carbonyl (C=O) groups is 1. The standard InChI is InChI=1S/C19H26N2O3S2/c1-4-5-6-14-7-9-15(10-8-14)21-16-11-26(23,24)12-17(16)25-19(21)20-18(22)13(2)3/h7-10,13,16-17H,4-6,11-12H2,1-3H3/t16-,17-/m1/s1. The van der Waals surface area contributed by atoms with Crippen LogP contribution >= 0.6 is 11.8 Å². The van der Waals surface area contributed by atoms with Crippen LogP contribution in [0.3, 0.4) is 0 Å². The number of amidine groups is 1. The van der Waals surface area contributed by atoms with Gasteiger partial charge in [0.2, 0.25) is 0 Å². The lowest BCUT2D eigenvalue weighted by molar-refractivity contribution is -0.120. The van der Waals surface area contributed by atoms with E-state index < -0.39 is 9.84 Å². The van der Waals surface area contributed by atoms with Crippen LogP contribution < -0.4 is 4.90 Å². The van der Waals surface area contributed by atoms with Crippen molar-refractivity contribution in [1.29, 1.82) is 0 Å². The zero-order valence-electron chi connectivity index (χ0n) is 15.5. The van der Waals surface area contributed by atoms with E-state index in [9.17, 15) is 13.2 Å². The molecular weight excluding hydrogens is 368 g/mol. The number of aliphatic imine (C=N–C) groups is 1. The van der Waals surface area contributed by atoms with E-state index in [0.717, 1.165) is 24.9 Å². The number of nitrogens with zero attached hydrogens (tertiary/aromatic N) is 2. The molecule has 2 saturated heterocycles. The summed E-state index contributed by atoms with van der Waals surface area (Å²) in [7, 11) is -3.04. The number of hydrogen-bond acceptors (Lipinski definition) is 4. The minimum Gasteiger partial charge on any atom is -0.316 e. The first-order valence-corrected chi connectivity index (χ1v) is 11.9. The van der Waals surface area contributed by atoms with Gasteiger partial charge in [-0.1, -0.05) is 51.1 Å². The van der Waals surface area contributed by atoms with Crippen molar-refractivity contribution >= 4 is 38.4 Å². The summed E-state index contributed by atoms with van der Waals surface area (Å²) in [5.74, 6) is -0.0650. The number of benzene rings is 1. The molecule has 0 unspecified atom stereocenters. The highest BCUT2D eigenvalue weighted by Gasteiger charge is 2.49. The number of hydrogen-bond donors (Lipinski definition) is 0. The third-order valence-electron chi connectivity index (χ3n) is 4.80. The summed E-state index contributed by atoms with van der Waals surface area (Å²) in [4.78, 5) is 18.4. The Balaban J connectivity index is 1.91. The zero-order valence-corrected chi connectivity index (χ0v) is 17.1. The number of rotatable bonds is 5. The fourth-order valence-corrected chi connectivity index (χ4v) is 7.21. The SMILES string of the molecule is CCCCc1ccc(N2C(=NC(=O)C(C)C)S[C@@H]3CS(=O)(=O)C[C@H]32)cc1. The molecule has 2 aliphatic rings. The van der Waals surface area contributed by atoms with Gasteiger partial charge in [-0.3, -0.25) is 4.79 Å². The van der Waals surface area contributed by atoms with Gasteiger partial charge in [0.25, 0.3) is 5.91 Å². The van der Waals surface area contributed by atoms with E-state index in [2.05, 4.69) is 24.0 Å². The Kier molecular flexibility index (Phi) is 5.77. The van der Waals surface area contributed by atoms with Crippen molar-refractivity contribution in [3.05, 3.63) is 29.8 Å². The second-order valence-corrected chi connectivity index (χ2v) is 10.7. The monoisotopic (exact) mass is 394 g/mol. The maximum atomic E-state index is 12.1. The number of unbranched alkanes of at least 4 members (excludes halogenated alkanes) is 1. The van der Waals surface area contributed by atoms with Crippen molar-refractivity contribution in [1.82, 2.24) is 0 Å². The van der Waals surface area contributed by atoms with Crippen LogP contribution in [0, 0.1) is 5.92 Å². The molecule has 2 heterocycles. The molecular formula is C19H26N2O3S2. The number of fused-ring (bicyclic) bond motifs is 1. The molecule has 7 heteroatoms. The summed E-state index contributed by atoms with van der Waals surface area (Å²) in [5, 5.41) is 0.577. The number of amides is 1. The highest BCUT2D eigenvalue weighted by molar-refractivity contribution is 8.16. The van der Waals surface area contributed by atoms with Crippen LogP contribution in [0.15, 0.2) is 29.3 Å². The van der Waals surface area contributed by atoms with Gasteiger partial charge in [-0.2, -0.15) is 4.99 Å². The Morgan fingerprint density at radius 1 is 1.27 bits per heavy atom. The van der Waals surface area contributed by atoms with Crippen molar-refractivity contribution in [2.24, 2.45) is 10.9 Å². The fraction of sp³-hybridized carbons (Fsp3) is 0.579. The molecule has 26 heavy (non-hydrogen) atoms. The van der Waals surface area contributed by atoms with Crippen molar-refractivity contribution in [2.45, 2.75) is 51.3 Å². The molecule has 2 atom stereocenters. The van der Waals surface area contributed by atoms with Crippen LogP contribution in [0.2, 0.25) is 0 Å². The average molecular weight is 395 g/mol. The molecule has 2 aliphatic heterocycles. The Hall–Kier alpha value is -1.34. The first kappa shape index (κ1) is 19.4. The maximum absolute atomic E-state index is 12.1. The van der Waals surface area contributed by atoms with Gasteiger partial charge >= 0.3 is 0 Å². The summed E-state index contributed by atoms with van der Waals surface area (Å²) >= 11 is 1.43. The lowest BCUT2D eigenvalue weighted by Gasteiger charge is -2.24. The topological polar surface area (TPSA) is 66.8 Å². The summed E-state index contributed by atoms with van der Waals surface area (Å²) in [5.41, 5.74) is 2.19. The van der Waals surface area contributed by atoms with Gasteiger partial charge in [0, 0.05) is 16.9 Å². The predicted octanol–water partition coefficient (Wildman–Crippen LogP) is 3.29. The number of anilines is 1. The molecule has 0 aliphatic carbocycles. The van der Waals surface area contributed by atoms with Crippen LogP contribution in [0.25, 0.3) is 0 Å². The molecule has 0 radical (unpaired) electrons. The van der Waals surface area contributed by atoms with Crippen molar-refractivity contribution in [2.75, 3.05) is 16.4 Å². The molecule has 142 valence electrons. The van der Waals surface area contributed by atoms with Crippen LogP contribution in [0.1, 0.15) is 39.2 Å². The lowest BCUT2D eigenvalue weighted by Crippen LogP contribution is -2.37. The Labute approximate surface area is 160 Å². The van der Waals surface area contributed by atoms with Crippen LogP contribution in [-0.4, -0.2) is 42.3 Å². The zero-order chi connectivity index (χ0) is 18.9.